The molecule has 4 aliphatic rings. The first-order chi connectivity index (χ1) is 10.0. The quantitative estimate of drug-likeness (QED) is 0.737. The molecule has 0 heterocycles. The first kappa shape index (κ1) is 14.0. The molecule has 0 aromatic rings. The van der Waals surface area contributed by atoms with Crippen LogP contribution >= 0.6 is 0 Å². The summed E-state index contributed by atoms with van der Waals surface area (Å²) in [6, 6.07) is 0. The molecule has 4 unspecified atom stereocenters. The van der Waals surface area contributed by atoms with Crippen LogP contribution in [-0.4, -0.2) is 17.0 Å². The summed E-state index contributed by atoms with van der Waals surface area (Å²) >= 11 is 0. The van der Waals surface area contributed by atoms with E-state index >= 15 is 0 Å². The van der Waals surface area contributed by atoms with Gasteiger partial charge in [-0.1, -0.05) is 19.4 Å². The van der Waals surface area contributed by atoms with Gasteiger partial charge in [-0.15, -0.1) is 0 Å². The van der Waals surface area contributed by atoms with Gasteiger partial charge in [0.05, 0.1) is 6.10 Å². The average molecular weight is 288 g/mol. The Morgan fingerprint density at radius 1 is 1.24 bits per heavy atom. The van der Waals surface area contributed by atoms with Crippen molar-refractivity contribution in [2.75, 3.05) is 0 Å². The number of aliphatic hydroxyl groups is 1. The number of aliphatic hydroxyl groups excluding tert-OH is 1. The Kier molecular flexibility index (Phi) is 3.12. The minimum absolute atomic E-state index is 0.0828. The molecule has 0 aliphatic heterocycles. The molecule has 0 radical (unpaired) electrons. The molecule has 3 saturated carbocycles. The van der Waals surface area contributed by atoms with Crippen molar-refractivity contribution in [1.82, 2.24) is 0 Å². The van der Waals surface area contributed by atoms with Gasteiger partial charge in [-0.2, -0.15) is 0 Å². The second-order valence-corrected chi connectivity index (χ2v) is 8.50. The van der Waals surface area contributed by atoms with Crippen LogP contribution in [0.2, 0.25) is 0 Å². The Morgan fingerprint density at radius 3 is 2.86 bits per heavy atom. The molecule has 0 aromatic heterocycles. The van der Waals surface area contributed by atoms with Gasteiger partial charge in [0.2, 0.25) is 0 Å². The second kappa shape index (κ2) is 4.68. The van der Waals surface area contributed by atoms with Crippen molar-refractivity contribution in [2.24, 2.45) is 35.0 Å². The summed E-state index contributed by atoms with van der Waals surface area (Å²) in [5.41, 5.74) is 1.63. The molecule has 116 valence electrons. The van der Waals surface area contributed by atoms with E-state index in [-0.39, 0.29) is 11.5 Å². The summed E-state index contributed by atoms with van der Waals surface area (Å²) in [5.74, 6) is 3.96. The number of carbonyl (C=O) groups is 1. The average Bonchev–Trinajstić information content (AvgIpc) is 2.74. The lowest BCUT2D eigenvalue weighted by molar-refractivity contribution is -0.116. The molecule has 3 fully saturated rings. The molecule has 2 heteroatoms. The number of carbonyl (C=O) groups excluding carboxylic acids is 1. The van der Waals surface area contributed by atoms with E-state index in [2.05, 4.69) is 13.8 Å². The maximum Gasteiger partial charge on any atom is 0.155 e. The summed E-state index contributed by atoms with van der Waals surface area (Å²) < 4.78 is 0. The van der Waals surface area contributed by atoms with Crippen LogP contribution in [-0.2, 0) is 4.79 Å². The fourth-order valence-corrected chi connectivity index (χ4v) is 6.56. The van der Waals surface area contributed by atoms with Crippen molar-refractivity contribution in [2.45, 2.75) is 64.9 Å². The molecule has 0 aromatic carbocycles. The lowest BCUT2D eigenvalue weighted by atomic mass is 9.49. The van der Waals surface area contributed by atoms with Gasteiger partial charge in [0, 0.05) is 6.42 Å². The summed E-state index contributed by atoms with van der Waals surface area (Å²) in [6.07, 6.45) is 9.54. The van der Waals surface area contributed by atoms with Gasteiger partial charge in [0.1, 0.15) is 0 Å². The highest BCUT2D eigenvalue weighted by molar-refractivity contribution is 5.91. The van der Waals surface area contributed by atoms with Crippen molar-refractivity contribution in [3.05, 3.63) is 11.6 Å². The zero-order chi connectivity index (χ0) is 14.8. The third-order valence-corrected chi connectivity index (χ3v) is 7.59. The minimum atomic E-state index is -0.0828. The van der Waals surface area contributed by atoms with E-state index in [4.69, 9.17) is 0 Å². The predicted molar refractivity (Wildman–Crippen MR) is 82.6 cm³/mol. The zero-order valence-electron chi connectivity index (χ0n) is 13.3. The van der Waals surface area contributed by atoms with Gasteiger partial charge >= 0.3 is 0 Å². The number of rotatable bonds is 0. The first-order valence-corrected chi connectivity index (χ1v) is 8.92. The van der Waals surface area contributed by atoms with E-state index in [1.165, 1.54) is 24.8 Å². The maximum atomic E-state index is 11.8. The Balaban J connectivity index is 1.68. The van der Waals surface area contributed by atoms with Crippen molar-refractivity contribution >= 4 is 5.78 Å². The van der Waals surface area contributed by atoms with Crippen LogP contribution in [0.25, 0.3) is 0 Å². The Bertz CT molecular complexity index is 494. The van der Waals surface area contributed by atoms with Gasteiger partial charge < -0.3 is 5.11 Å². The van der Waals surface area contributed by atoms with Crippen LogP contribution in [0.15, 0.2) is 11.6 Å². The van der Waals surface area contributed by atoms with Gasteiger partial charge in [-0.25, -0.2) is 0 Å². The van der Waals surface area contributed by atoms with E-state index in [0.717, 1.165) is 37.5 Å². The zero-order valence-corrected chi connectivity index (χ0v) is 13.3. The Hall–Kier alpha value is -0.630. The lowest BCUT2D eigenvalue weighted by Crippen LogP contribution is -2.50. The van der Waals surface area contributed by atoms with E-state index < -0.39 is 0 Å². The van der Waals surface area contributed by atoms with Crippen LogP contribution in [0.3, 0.4) is 0 Å². The maximum absolute atomic E-state index is 11.8. The molecule has 7 atom stereocenters. The number of fused-ring (bicyclic) bond motifs is 5. The molecule has 2 nitrogen and oxygen atoms in total. The van der Waals surface area contributed by atoms with E-state index in [9.17, 15) is 9.90 Å². The SMILES string of the molecule is CC1CC2=CC(=O)CC[C@@H]2C2CC[C@@]3(C)C(CC[C@@H]3O)C12. The number of ketones is 1. The third-order valence-electron chi connectivity index (χ3n) is 7.59. The van der Waals surface area contributed by atoms with E-state index in [1.54, 1.807) is 0 Å². The van der Waals surface area contributed by atoms with Crippen molar-refractivity contribution < 1.29 is 9.90 Å². The largest absolute Gasteiger partial charge is 0.393 e. The van der Waals surface area contributed by atoms with Crippen LogP contribution in [0.1, 0.15) is 58.8 Å². The Morgan fingerprint density at radius 2 is 2.05 bits per heavy atom. The van der Waals surface area contributed by atoms with Crippen LogP contribution in [0.5, 0.6) is 0 Å². The normalized spacial score (nSPS) is 52.7. The molecule has 0 bridgehead atoms. The molecule has 0 saturated heterocycles. The monoisotopic (exact) mass is 288 g/mol. The molecule has 0 spiro atoms. The third kappa shape index (κ3) is 1.91. The van der Waals surface area contributed by atoms with Gasteiger partial charge in [0.25, 0.3) is 0 Å². The van der Waals surface area contributed by atoms with Gasteiger partial charge in [-0.05, 0) is 79.6 Å². The molecule has 4 aliphatic carbocycles. The highest BCUT2D eigenvalue weighted by Gasteiger charge is 2.57. The molecular formula is C19H28O2. The highest BCUT2D eigenvalue weighted by atomic mass is 16.3. The van der Waals surface area contributed by atoms with Crippen LogP contribution in [0.4, 0.5) is 0 Å². The number of hydrogen-bond donors (Lipinski definition) is 1. The van der Waals surface area contributed by atoms with E-state index in [0.29, 0.717) is 23.5 Å². The van der Waals surface area contributed by atoms with Crippen LogP contribution < -0.4 is 0 Å². The van der Waals surface area contributed by atoms with Crippen molar-refractivity contribution in [3.8, 4) is 0 Å². The van der Waals surface area contributed by atoms with Crippen LogP contribution in [0, 0.1) is 35.0 Å². The molecule has 21 heavy (non-hydrogen) atoms. The fourth-order valence-electron chi connectivity index (χ4n) is 6.56. The van der Waals surface area contributed by atoms with Gasteiger partial charge in [0.15, 0.2) is 5.78 Å². The fraction of sp³-hybridized carbons (Fsp3) is 0.842. The second-order valence-electron chi connectivity index (χ2n) is 8.50. The first-order valence-electron chi connectivity index (χ1n) is 8.92. The van der Waals surface area contributed by atoms with Crippen molar-refractivity contribution in [3.63, 3.8) is 0 Å². The summed E-state index contributed by atoms with van der Waals surface area (Å²) in [5, 5.41) is 10.5. The topological polar surface area (TPSA) is 37.3 Å². The molecule has 1 N–H and O–H groups in total. The number of allylic oxidation sites excluding steroid dienone is 1. The molecule has 4 rings (SSSR count). The number of hydrogen-bond acceptors (Lipinski definition) is 2. The minimum Gasteiger partial charge on any atom is -0.393 e. The van der Waals surface area contributed by atoms with Gasteiger partial charge in [-0.3, -0.25) is 4.79 Å². The summed E-state index contributed by atoms with van der Waals surface area (Å²) in [6.45, 7) is 4.73. The Labute approximate surface area is 128 Å². The smallest absolute Gasteiger partial charge is 0.155 e. The highest BCUT2D eigenvalue weighted by Crippen LogP contribution is 2.62. The molecular weight excluding hydrogens is 260 g/mol. The van der Waals surface area contributed by atoms with E-state index in [1.807, 2.05) is 6.08 Å². The predicted octanol–water partition coefficient (Wildman–Crippen LogP) is 3.74. The summed E-state index contributed by atoms with van der Waals surface area (Å²) in [7, 11) is 0. The molecule has 0 amide bonds. The standard InChI is InChI=1S/C19H28O2/c1-11-9-12-10-13(20)3-4-14(12)15-7-8-19(2)16(18(11)15)5-6-17(19)21/h10-11,14-18,21H,3-9H2,1-2H3/t11?,14-,15?,16?,17-,18?,19-/m0/s1. The lowest BCUT2D eigenvalue weighted by Gasteiger charge is -2.55. The summed E-state index contributed by atoms with van der Waals surface area (Å²) in [4.78, 5) is 11.8. The van der Waals surface area contributed by atoms with Crippen molar-refractivity contribution in [1.29, 1.82) is 0 Å².